The largest absolute Gasteiger partial charge is 0.351 e. The third-order valence-corrected chi connectivity index (χ3v) is 3.05. The molecule has 0 N–H and O–H groups in total. The van der Waals surface area contributed by atoms with Gasteiger partial charge in [0, 0.05) is 31.5 Å². The molecule has 1 saturated heterocycles. The quantitative estimate of drug-likeness (QED) is 0.673. The van der Waals surface area contributed by atoms with Crippen molar-refractivity contribution in [1.82, 2.24) is 9.47 Å². The van der Waals surface area contributed by atoms with Crippen molar-refractivity contribution < 1.29 is 0 Å². The van der Waals surface area contributed by atoms with E-state index in [0.717, 1.165) is 6.04 Å². The van der Waals surface area contributed by atoms with E-state index in [2.05, 4.69) is 40.9 Å². The third kappa shape index (κ3) is 1.94. The predicted octanol–water partition coefficient (Wildman–Crippen LogP) is 2.14. The summed E-state index contributed by atoms with van der Waals surface area (Å²) in [6.45, 7) is 5.98. The molecule has 0 radical (unpaired) electrons. The Hall–Kier alpha value is -0.760. The summed E-state index contributed by atoms with van der Waals surface area (Å²) >= 11 is 0. The second kappa shape index (κ2) is 3.97. The van der Waals surface area contributed by atoms with E-state index in [-0.39, 0.29) is 0 Å². The Labute approximate surface area is 80.2 Å². The first kappa shape index (κ1) is 8.82. The first-order valence-electron chi connectivity index (χ1n) is 5.25. The molecular weight excluding hydrogens is 160 g/mol. The summed E-state index contributed by atoms with van der Waals surface area (Å²) in [6.07, 6.45) is 6.99. The van der Waals surface area contributed by atoms with Crippen LogP contribution in [0.2, 0.25) is 0 Å². The Morgan fingerprint density at radius 3 is 2.31 bits per heavy atom. The van der Waals surface area contributed by atoms with E-state index in [0.29, 0.717) is 0 Å². The minimum atomic E-state index is 0.748. The maximum atomic E-state index is 2.53. The van der Waals surface area contributed by atoms with Crippen molar-refractivity contribution >= 4 is 0 Å². The summed E-state index contributed by atoms with van der Waals surface area (Å²) in [5.74, 6) is 0. The van der Waals surface area contributed by atoms with Crippen LogP contribution in [0, 0.1) is 0 Å². The van der Waals surface area contributed by atoms with Gasteiger partial charge < -0.3 is 9.47 Å². The van der Waals surface area contributed by atoms with Crippen LogP contribution in [-0.2, 0) is 0 Å². The summed E-state index contributed by atoms with van der Waals surface area (Å²) < 4.78 is 2.35. The van der Waals surface area contributed by atoms with Crippen LogP contribution < -0.4 is 0 Å². The number of hydrogen-bond acceptors (Lipinski definition) is 1. The van der Waals surface area contributed by atoms with Gasteiger partial charge in [0.05, 0.1) is 0 Å². The van der Waals surface area contributed by atoms with Crippen molar-refractivity contribution in [1.29, 1.82) is 0 Å². The lowest BCUT2D eigenvalue weighted by atomic mass is 10.1. The molecule has 0 aliphatic carbocycles. The van der Waals surface area contributed by atoms with E-state index >= 15 is 0 Å². The number of rotatable bonds is 2. The van der Waals surface area contributed by atoms with Gasteiger partial charge in [0.25, 0.3) is 0 Å². The van der Waals surface area contributed by atoms with E-state index in [1.807, 2.05) is 0 Å². The predicted molar refractivity (Wildman–Crippen MR) is 54.8 cm³/mol. The van der Waals surface area contributed by atoms with Gasteiger partial charge in [0.2, 0.25) is 0 Å². The van der Waals surface area contributed by atoms with Crippen LogP contribution in [0.4, 0.5) is 0 Å². The Balaban J connectivity index is 1.92. The highest BCUT2D eigenvalue weighted by molar-refractivity contribution is 4.94. The fraction of sp³-hybridized carbons (Fsp3) is 0.636. The van der Waals surface area contributed by atoms with Crippen LogP contribution in [0.3, 0.4) is 0 Å². The Morgan fingerprint density at radius 1 is 1.15 bits per heavy atom. The van der Waals surface area contributed by atoms with Crippen molar-refractivity contribution in [3.63, 3.8) is 0 Å². The van der Waals surface area contributed by atoms with Gasteiger partial charge in [-0.15, -0.1) is 0 Å². The topological polar surface area (TPSA) is 8.17 Å². The average Bonchev–Trinajstić information content (AvgIpc) is 2.71. The fourth-order valence-electron chi connectivity index (χ4n) is 2.12. The minimum Gasteiger partial charge on any atom is -0.351 e. The summed E-state index contributed by atoms with van der Waals surface area (Å²) in [6, 6.07) is 4.98. The molecule has 2 nitrogen and oxygen atoms in total. The van der Waals surface area contributed by atoms with Gasteiger partial charge >= 0.3 is 0 Å². The molecule has 1 aromatic rings. The molecule has 0 aromatic carbocycles. The lowest BCUT2D eigenvalue weighted by molar-refractivity contribution is 0.195. The molecule has 1 aliphatic rings. The van der Waals surface area contributed by atoms with Gasteiger partial charge in [-0.05, 0) is 31.5 Å². The zero-order chi connectivity index (χ0) is 9.10. The van der Waals surface area contributed by atoms with Crippen molar-refractivity contribution in [3.8, 4) is 0 Å². The van der Waals surface area contributed by atoms with Crippen molar-refractivity contribution in [2.24, 2.45) is 0 Å². The molecule has 0 bridgehead atoms. The highest BCUT2D eigenvalue weighted by atomic mass is 15.1. The molecular formula is C11H18N2. The van der Waals surface area contributed by atoms with Crippen LogP contribution in [-0.4, -0.2) is 29.1 Å². The number of hydrogen-bond donors (Lipinski definition) is 0. The highest BCUT2D eigenvalue weighted by Crippen LogP contribution is 2.21. The van der Waals surface area contributed by atoms with Gasteiger partial charge in [-0.1, -0.05) is 6.92 Å². The van der Waals surface area contributed by atoms with Gasteiger partial charge in [-0.3, -0.25) is 0 Å². The zero-order valence-corrected chi connectivity index (χ0v) is 8.32. The molecule has 1 fully saturated rings. The lowest BCUT2D eigenvalue weighted by Gasteiger charge is -2.31. The molecule has 72 valence electrons. The molecule has 0 spiro atoms. The summed E-state index contributed by atoms with van der Waals surface area (Å²) in [4.78, 5) is 2.53. The molecule has 2 rings (SSSR count). The van der Waals surface area contributed by atoms with E-state index in [9.17, 15) is 0 Å². The van der Waals surface area contributed by atoms with E-state index in [4.69, 9.17) is 0 Å². The van der Waals surface area contributed by atoms with Gasteiger partial charge in [-0.2, -0.15) is 0 Å². The number of aromatic nitrogens is 1. The van der Waals surface area contributed by atoms with Crippen LogP contribution in [0.1, 0.15) is 25.8 Å². The van der Waals surface area contributed by atoms with E-state index in [1.165, 1.54) is 32.5 Å². The molecule has 1 aliphatic heterocycles. The molecule has 2 heterocycles. The molecule has 0 atom stereocenters. The smallest absolute Gasteiger partial charge is 0.0355 e. The molecule has 2 heteroatoms. The monoisotopic (exact) mass is 178 g/mol. The molecule has 1 aromatic heterocycles. The molecule has 0 saturated carbocycles. The van der Waals surface area contributed by atoms with E-state index < -0.39 is 0 Å². The SMILES string of the molecule is CCN1CCC(n2cccc2)CC1. The first-order chi connectivity index (χ1) is 6.40. The van der Waals surface area contributed by atoms with E-state index in [1.54, 1.807) is 0 Å². The summed E-state index contributed by atoms with van der Waals surface area (Å²) in [5, 5.41) is 0. The number of piperidine rings is 1. The van der Waals surface area contributed by atoms with Crippen LogP contribution in [0.25, 0.3) is 0 Å². The highest BCUT2D eigenvalue weighted by Gasteiger charge is 2.18. The summed E-state index contributed by atoms with van der Waals surface area (Å²) in [7, 11) is 0. The average molecular weight is 178 g/mol. The Kier molecular flexibility index (Phi) is 2.69. The maximum absolute atomic E-state index is 2.53. The van der Waals surface area contributed by atoms with Crippen LogP contribution >= 0.6 is 0 Å². The van der Waals surface area contributed by atoms with Gasteiger partial charge in [0.1, 0.15) is 0 Å². The van der Waals surface area contributed by atoms with Gasteiger partial charge in [-0.25, -0.2) is 0 Å². The maximum Gasteiger partial charge on any atom is 0.0355 e. The second-order valence-corrected chi connectivity index (χ2v) is 3.80. The van der Waals surface area contributed by atoms with Crippen LogP contribution in [0.15, 0.2) is 24.5 Å². The normalized spacial score (nSPS) is 20.7. The minimum absolute atomic E-state index is 0.748. The number of nitrogens with zero attached hydrogens (tertiary/aromatic N) is 2. The standard InChI is InChI=1S/C11H18N2/c1-2-12-9-5-11(6-10-12)13-7-3-4-8-13/h3-4,7-8,11H,2,5-6,9-10H2,1H3. The number of likely N-dealkylation sites (tertiary alicyclic amines) is 1. The Bertz CT molecular complexity index is 233. The Morgan fingerprint density at radius 2 is 1.77 bits per heavy atom. The first-order valence-corrected chi connectivity index (χ1v) is 5.25. The molecule has 0 amide bonds. The molecule has 13 heavy (non-hydrogen) atoms. The van der Waals surface area contributed by atoms with Crippen molar-refractivity contribution in [3.05, 3.63) is 24.5 Å². The lowest BCUT2D eigenvalue weighted by Crippen LogP contribution is -2.34. The van der Waals surface area contributed by atoms with Crippen molar-refractivity contribution in [2.75, 3.05) is 19.6 Å². The van der Waals surface area contributed by atoms with Crippen molar-refractivity contribution in [2.45, 2.75) is 25.8 Å². The molecule has 0 unspecified atom stereocenters. The van der Waals surface area contributed by atoms with Gasteiger partial charge in [0.15, 0.2) is 0 Å². The van der Waals surface area contributed by atoms with Crippen LogP contribution in [0.5, 0.6) is 0 Å². The fourth-order valence-corrected chi connectivity index (χ4v) is 2.12. The summed E-state index contributed by atoms with van der Waals surface area (Å²) in [5.41, 5.74) is 0. The zero-order valence-electron chi connectivity index (χ0n) is 8.32. The second-order valence-electron chi connectivity index (χ2n) is 3.80. The third-order valence-electron chi connectivity index (χ3n) is 3.05.